The van der Waals surface area contributed by atoms with E-state index in [4.69, 9.17) is 0 Å². The monoisotopic (exact) mass is 171 g/mol. The van der Waals surface area contributed by atoms with Crippen LogP contribution in [-0.4, -0.2) is 33.1 Å². The van der Waals surface area contributed by atoms with E-state index in [0.717, 1.165) is 5.57 Å². The van der Waals surface area contributed by atoms with E-state index < -0.39 is 6.10 Å². The standard InChI is InChI=1S/C9H17NO2/c1-6(2)8-7(11)5-9(3,4)10(8)12/h7-8,11-12H,1,5H2,2-4H3. The molecule has 2 atom stereocenters. The molecule has 0 spiro atoms. The summed E-state index contributed by atoms with van der Waals surface area (Å²) in [5.74, 6) is 0. The van der Waals surface area contributed by atoms with Crippen molar-refractivity contribution in [2.24, 2.45) is 0 Å². The number of aliphatic hydroxyl groups excluding tert-OH is 1. The van der Waals surface area contributed by atoms with Gasteiger partial charge in [0, 0.05) is 5.54 Å². The van der Waals surface area contributed by atoms with Crippen LogP contribution < -0.4 is 0 Å². The van der Waals surface area contributed by atoms with Crippen molar-refractivity contribution in [2.45, 2.75) is 44.9 Å². The summed E-state index contributed by atoms with van der Waals surface area (Å²) in [4.78, 5) is 0. The van der Waals surface area contributed by atoms with Crippen molar-refractivity contribution in [1.82, 2.24) is 5.06 Å². The fourth-order valence-corrected chi connectivity index (χ4v) is 1.79. The van der Waals surface area contributed by atoms with E-state index in [1.54, 1.807) is 0 Å². The van der Waals surface area contributed by atoms with Gasteiger partial charge in [0.2, 0.25) is 0 Å². The zero-order valence-corrected chi connectivity index (χ0v) is 7.91. The van der Waals surface area contributed by atoms with Crippen molar-refractivity contribution < 1.29 is 10.3 Å². The maximum atomic E-state index is 9.67. The van der Waals surface area contributed by atoms with E-state index in [1.807, 2.05) is 20.8 Å². The SMILES string of the molecule is C=C(C)C1C(O)CC(C)(C)N1O. The molecule has 0 radical (unpaired) electrons. The molecular formula is C9H17NO2. The molecule has 12 heavy (non-hydrogen) atoms. The second-order valence-electron chi connectivity index (χ2n) is 4.22. The van der Waals surface area contributed by atoms with Crippen LogP contribution in [0.15, 0.2) is 12.2 Å². The summed E-state index contributed by atoms with van der Waals surface area (Å²) in [6.45, 7) is 9.36. The third kappa shape index (κ3) is 1.40. The summed E-state index contributed by atoms with van der Waals surface area (Å²) in [6.07, 6.45) is 0.0867. The molecule has 1 fully saturated rings. The summed E-state index contributed by atoms with van der Waals surface area (Å²) < 4.78 is 0. The number of aliphatic hydroxyl groups is 1. The Kier molecular flexibility index (Phi) is 2.29. The summed E-state index contributed by atoms with van der Waals surface area (Å²) in [6, 6.07) is -0.306. The molecule has 1 rings (SSSR count). The lowest BCUT2D eigenvalue weighted by Gasteiger charge is -2.29. The third-order valence-corrected chi connectivity index (χ3v) is 2.46. The molecule has 0 bridgehead atoms. The second-order valence-corrected chi connectivity index (χ2v) is 4.22. The minimum absolute atomic E-state index is 0.306. The first-order chi connectivity index (χ1) is 5.36. The summed E-state index contributed by atoms with van der Waals surface area (Å²) in [5, 5.41) is 20.5. The normalized spacial score (nSPS) is 35.4. The maximum Gasteiger partial charge on any atom is 0.0820 e. The molecule has 1 heterocycles. The summed E-state index contributed by atoms with van der Waals surface area (Å²) >= 11 is 0. The van der Waals surface area contributed by atoms with Crippen LogP contribution in [0.2, 0.25) is 0 Å². The Bertz CT molecular complexity index is 201. The Hall–Kier alpha value is -0.380. The molecule has 3 nitrogen and oxygen atoms in total. The fraction of sp³-hybridized carbons (Fsp3) is 0.778. The van der Waals surface area contributed by atoms with Gasteiger partial charge in [-0.2, -0.15) is 5.06 Å². The molecule has 1 aliphatic heterocycles. The molecule has 0 saturated carbocycles. The van der Waals surface area contributed by atoms with Crippen molar-refractivity contribution in [2.75, 3.05) is 0 Å². The molecule has 1 aliphatic rings. The van der Waals surface area contributed by atoms with Crippen LogP contribution in [-0.2, 0) is 0 Å². The molecule has 0 amide bonds. The van der Waals surface area contributed by atoms with Crippen molar-refractivity contribution >= 4 is 0 Å². The Morgan fingerprint density at radius 1 is 1.58 bits per heavy atom. The van der Waals surface area contributed by atoms with Gasteiger partial charge in [-0.1, -0.05) is 12.2 Å². The van der Waals surface area contributed by atoms with Gasteiger partial charge in [0.05, 0.1) is 12.1 Å². The summed E-state index contributed by atoms with van der Waals surface area (Å²) in [5.41, 5.74) is 0.457. The average molecular weight is 171 g/mol. The minimum Gasteiger partial charge on any atom is -0.391 e. The Labute approximate surface area is 73.3 Å². The topological polar surface area (TPSA) is 43.7 Å². The largest absolute Gasteiger partial charge is 0.391 e. The van der Waals surface area contributed by atoms with Gasteiger partial charge in [-0.15, -0.1) is 0 Å². The maximum absolute atomic E-state index is 9.67. The zero-order chi connectivity index (χ0) is 9.52. The van der Waals surface area contributed by atoms with Gasteiger partial charge in [0.25, 0.3) is 0 Å². The highest BCUT2D eigenvalue weighted by Crippen LogP contribution is 2.34. The van der Waals surface area contributed by atoms with E-state index in [2.05, 4.69) is 6.58 Å². The van der Waals surface area contributed by atoms with Crippen molar-refractivity contribution in [1.29, 1.82) is 0 Å². The highest BCUT2D eigenvalue weighted by Gasteiger charge is 2.45. The number of nitrogens with zero attached hydrogens (tertiary/aromatic N) is 1. The molecule has 0 aromatic carbocycles. The van der Waals surface area contributed by atoms with E-state index in [1.165, 1.54) is 5.06 Å². The first-order valence-corrected chi connectivity index (χ1v) is 4.18. The molecule has 2 unspecified atom stereocenters. The third-order valence-electron chi connectivity index (χ3n) is 2.46. The van der Waals surface area contributed by atoms with Crippen LogP contribution >= 0.6 is 0 Å². The molecular weight excluding hydrogens is 154 g/mol. The molecule has 0 aliphatic carbocycles. The lowest BCUT2D eigenvalue weighted by molar-refractivity contribution is -0.160. The molecule has 1 saturated heterocycles. The number of hydrogen-bond acceptors (Lipinski definition) is 3. The van der Waals surface area contributed by atoms with Gasteiger partial charge >= 0.3 is 0 Å². The summed E-state index contributed by atoms with van der Waals surface area (Å²) in [7, 11) is 0. The van der Waals surface area contributed by atoms with Crippen molar-refractivity contribution in [3.8, 4) is 0 Å². The first-order valence-electron chi connectivity index (χ1n) is 4.18. The smallest absolute Gasteiger partial charge is 0.0820 e. The molecule has 2 N–H and O–H groups in total. The second kappa shape index (κ2) is 2.83. The van der Waals surface area contributed by atoms with E-state index >= 15 is 0 Å². The van der Waals surface area contributed by atoms with Crippen molar-refractivity contribution in [3.63, 3.8) is 0 Å². The number of hydroxylamine groups is 2. The lowest BCUT2D eigenvalue weighted by atomic mass is 10.0. The van der Waals surface area contributed by atoms with Crippen molar-refractivity contribution in [3.05, 3.63) is 12.2 Å². The van der Waals surface area contributed by atoms with Crippen LogP contribution in [0.25, 0.3) is 0 Å². The number of hydrogen-bond donors (Lipinski definition) is 2. The Morgan fingerprint density at radius 3 is 2.25 bits per heavy atom. The highest BCUT2D eigenvalue weighted by molar-refractivity contribution is 5.11. The van der Waals surface area contributed by atoms with E-state index in [9.17, 15) is 10.3 Å². The Balaban J connectivity index is 2.85. The van der Waals surface area contributed by atoms with Crippen LogP contribution in [0.4, 0.5) is 0 Å². The van der Waals surface area contributed by atoms with Gasteiger partial charge in [0.15, 0.2) is 0 Å². The van der Waals surface area contributed by atoms with Gasteiger partial charge in [-0.25, -0.2) is 0 Å². The van der Waals surface area contributed by atoms with E-state index in [0.29, 0.717) is 6.42 Å². The zero-order valence-electron chi connectivity index (χ0n) is 7.91. The van der Waals surface area contributed by atoms with E-state index in [-0.39, 0.29) is 11.6 Å². The highest BCUT2D eigenvalue weighted by atomic mass is 16.5. The molecule has 0 aromatic heterocycles. The van der Waals surface area contributed by atoms with Gasteiger partial charge in [-0.05, 0) is 27.2 Å². The molecule has 0 aromatic rings. The quantitative estimate of drug-likeness (QED) is 0.582. The van der Waals surface area contributed by atoms with Crippen LogP contribution in [0.5, 0.6) is 0 Å². The predicted molar refractivity (Wildman–Crippen MR) is 46.9 cm³/mol. The predicted octanol–water partition coefficient (Wildman–Crippen LogP) is 1.17. The lowest BCUT2D eigenvalue weighted by Crippen LogP contribution is -2.41. The van der Waals surface area contributed by atoms with Crippen LogP contribution in [0, 0.1) is 0 Å². The van der Waals surface area contributed by atoms with Crippen LogP contribution in [0.1, 0.15) is 27.2 Å². The molecule has 70 valence electrons. The Morgan fingerprint density at radius 2 is 2.08 bits per heavy atom. The van der Waals surface area contributed by atoms with Crippen LogP contribution in [0.3, 0.4) is 0 Å². The van der Waals surface area contributed by atoms with Gasteiger partial charge < -0.3 is 10.3 Å². The minimum atomic E-state index is -0.498. The van der Waals surface area contributed by atoms with Gasteiger partial charge in [0.1, 0.15) is 0 Å². The average Bonchev–Trinajstić information content (AvgIpc) is 2.02. The number of rotatable bonds is 1. The van der Waals surface area contributed by atoms with Gasteiger partial charge in [-0.3, -0.25) is 0 Å². The molecule has 3 heteroatoms. The first kappa shape index (κ1) is 9.71. The fourth-order valence-electron chi connectivity index (χ4n) is 1.79.